The smallest absolute Gasteiger partial charge is 0.155 e. The van der Waals surface area contributed by atoms with Gasteiger partial charge in [-0.25, -0.2) is 0 Å². The summed E-state index contributed by atoms with van der Waals surface area (Å²) in [4.78, 5) is 12.4. The molecule has 0 aliphatic carbocycles. The van der Waals surface area contributed by atoms with Crippen LogP contribution in [0.15, 0.2) is 0 Å². The SMILES string of the molecule is CCOCC(C)=O.CN1CCCC1. The van der Waals surface area contributed by atoms with Crippen molar-refractivity contribution in [3.63, 3.8) is 0 Å². The Bertz CT molecular complexity index is 131. The Balaban J connectivity index is 0.000000223. The van der Waals surface area contributed by atoms with Crippen molar-refractivity contribution in [2.24, 2.45) is 0 Å². The van der Waals surface area contributed by atoms with E-state index < -0.39 is 0 Å². The molecule has 1 aliphatic heterocycles. The van der Waals surface area contributed by atoms with Crippen LogP contribution >= 0.6 is 0 Å². The lowest BCUT2D eigenvalue weighted by Gasteiger charge is -2.01. The lowest BCUT2D eigenvalue weighted by Crippen LogP contribution is -2.10. The number of carbonyl (C=O) groups is 1. The second-order valence-corrected chi connectivity index (χ2v) is 3.35. The van der Waals surface area contributed by atoms with Gasteiger partial charge in [0.15, 0.2) is 5.78 Å². The largest absolute Gasteiger partial charge is 0.374 e. The average Bonchev–Trinajstić information content (AvgIpc) is 2.53. The van der Waals surface area contributed by atoms with Crippen LogP contribution in [0.5, 0.6) is 0 Å². The summed E-state index contributed by atoms with van der Waals surface area (Å²) in [6.45, 7) is 6.90. The molecular weight excluding hydrogens is 166 g/mol. The lowest BCUT2D eigenvalue weighted by molar-refractivity contribution is -0.121. The van der Waals surface area contributed by atoms with E-state index in [4.69, 9.17) is 4.74 Å². The first-order chi connectivity index (χ1) is 6.16. The maximum absolute atomic E-state index is 10.1. The third kappa shape index (κ3) is 9.50. The van der Waals surface area contributed by atoms with Gasteiger partial charge in [0.25, 0.3) is 0 Å². The summed E-state index contributed by atoms with van der Waals surface area (Å²) in [5.41, 5.74) is 0. The minimum Gasteiger partial charge on any atom is -0.374 e. The van der Waals surface area contributed by atoms with Crippen molar-refractivity contribution in [2.45, 2.75) is 26.7 Å². The van der Waals surface area contributed by atoms with E-state index in [9.17, 15) is 4.79 Å². The number of rotatable bonds is 3. The highest BCUT2D eigenvalue weighted by atomic mass is 16.5. The molecule has 0 unspecified atom stereocenters. The first-order valence-electron chi connectivity index (χ1n) is 4.92. The number of hydrogen-bond acceptors (Lipinski definition) is 3. The van der Waals surface area contributed by atoms with Gasteiger partial charge in [0.2, 0.25) is 0 Å². The van der Waals surface area contributed by atoms with E-state index in [1.165, 1.54) is 32.9 Å². The summed E-state index contributed by atoms with van der Waals surface area (Å²) < 4.78 is 4.75. The quantitative estimate of drug-likeness (QED) is 0.667. The molecule has 0 amide bonds. The number of nitrogens with zero attached hydrogens (tertiary/aromatic N) is 1. The molecule has 1 fully saturated rings. The van der Waals surface area contributed by atoms with Gasteiger partial charge < -0.3 is 9.64 Å². The Hall–Kier alpha value is -0.410. The fraction of sp³-hybridized carbons (Fsp3) is 0.900. The first-order valence-corrected chi connectivity index (χ1v) is 4.92. The molecule has 0 saturated carbocycles. The predicted molar refractivity (Wildman–Crippen MR) is 53.9 cm³/mol. The summed E-state index contributed by atoms with van der Waals surface area (Å²) in [5, 5.41) is 0. The van der Waals surface area contributed by atoms with Gasteiger partial charge in [0.05, 0.1) is 0 Å². The number of ketones is 1. The molecule has 0 N–H and O–H groups in total. The van der Waals surface area contributed by atoms with Crippen LogP contribution in [0.1, 0.15) is 26.7 Å². The van der Waals surface area contributed by atoms with Crippen LogP contribution in [0.4, 0.5) is 0 Å². The number of ether oxygens (including phenoxy) is 1. The third-order valence-corrected chi connectivity index (χ3v) is 1.84. The van der Waals surface area contributed by atoms with Crippen molar-refractivity contribution in [2.75, 3.05) is 33.4 Å². The predicted octanol–water partition coefficient (Wildman–Crippen LogP) is 1.32. The molecule has 13 heavy (non-hydrogen) atoms. The van der Waals surface area contributed by atoms with Crippen molar-refractivity contribution in [1.29, 1.82) is 0 Å². The Morgan fingerprint density at radius 3 is 2.08 bits per heavy atom. The van der Waals surface area contributed by atoms with E-state index in [2.05, 4.69) is 11.9 Å². The van der Waals surface area contributed by atoms with E-state index >= 15 is 0 Å². The fourth-order valence-electron chi connectivity index (χ4n) is 1.12. The molecule has 1 aliphatic rings. The minimum absolute atomic E-state index is 0.0850. The van der Waals surface area contributed by atoms with Crippen LogP contribution < -0.4 is 0 Å². The Labute approximate surface area is 81.1 Å². The van der Waals surface area contributed by atoms with Crippen molar-refractivity contribution in [3.05, 3.63) is 0 Å². The summed E-state index contributed by atoms with van der Waals surface area (Å²) in [5.74, 6) is 0.0850. The van der Waals surface area contributed by atoms with Gasteiger partial charge in [-0.1, -0.05) is 0 Å². The molecule has 0 aromatic rings. The Morgan fingerprint density at radius 2 is 1.92 bits per heavy atom. The maximum atomic E-state index is 10.1. The van der Waals surface area contributed by atoms with E-state index in [1.54, 1.807) is 0 Å². The van der Waals surface area contributed by atoms with Gasteiger partial charge in [-0.05, 0) is 46.8 Å². The summed E-state index contributed by atoms with van der Waals surface area (Å²) in [7, 11) is 2.17. The van der Waals surface area contributed by atoms with Crippen LogP contribution in [-0.2, 0) is 9.53 Å². The topological polar surface area (TPSA) is 29.5 Å². The molecule has 78 valence electrons. The van der Waals surface area contributed by atoms with Gasteiger partial charge in [-0.15, -0.1) is 0 Å². The highest BCUT2D eigenvalue weighted by Crippen LogP contribution is 2.02. The Morgan fingerprint density at radius 1 is 1.38 bits per heavy atom. The number of Topliss-reactive ketones (excluding diaryl/α,β-unsaturated/α-hetero) is 1. The lowest BCUT2D eigenvalue weighted by atomic mass is 10.4. The molecule has 0 bridgehead atoms. The zero-order valence-corrected chi connectivity index (χ0v) is 9.01. The standard InChI is InChI=1S/C5H11N.C5H10O2/c1-6-4-2-3-5-6;1-3-7-4-5(2)6/h2-5H2,1H3;3-4H2,1-2H3. The van der Waals surface area contributed by atoms with E-state index in [-0.39, 0.29) is 12.4 Å². The van der Waals surface area contributed by atoms with Gasteiger partial charge in [-0.3, -0.25) is 4.79 Å². The van der Waals surface area contributed by atoms with Gasteiger partial charge in [0.1, 0.15) is 6.61 Å². The molecule has 0 radical (unpaired) electrons. The van der Waals surface area contributed by atoms with Crippen molar-refractivity contribution >= 4 is 5.78 Å². The monoisotopic (exact) mass is 187 g/mol. The normalized spacial score (nSPS) is 16.5. The van der Waals surface area contributed by atoms with Crippen molar-refractivity contribution in [1.82, 2.24) is 4.90 Å². The third-order valence-electron chi connectivity index (χ3n) is 1.84. The highest BCUT2D eigenvalue weighted by Gasteiger charge is 2.03. The van der Waals surface area contributed by atoms with Gasteiger partial charge >= 0.3 is 0 Å². The second kappa shape index (κ2) is 8.20. The van der Waals surface area contributed by atoms with Gasteiger partial charge in [-0.2, -0.15) is 0 Å². The molecule has 1 rings (SSSR count). The van der Waals surface area contributed by atoms with E-state index in [0.717, 1.165) is 0 Å². The van der Waals surface area contributed by atoms with Gasteiger partial charge in [0, 0.05) is 6.61 Å². The average molecular weight is 187 g/mol. The number of hydrogen-bond donors (Lipinski definition) is 0. The number of likely N-dealkylation sites (tertiary alicyclic amines) is 1. The van der Waals surface area contributed by atoms with Crippen LogP contribution in [0, 0.1) is 0 Å². The molecular formula is C10H21NO2. The molecule has 1 saturated heterocycles. The maximum Gasteiger partial charge on any atom is 0.155 e. The van der Waals surface area contributed by atoms with Crippen LogP contribution in [0.3, 0.4) is 0 Å². The van der Waals surface area contributed by atoms with Crippen LogP contribution in [-0.4, -0.2) is 44.0 Å². The minimum atomic E-state index is 0.0850. The first kappa shape index (κ1) is 12.6. The molecule has 3 heteroatoms. The number of carbonyl (C=O) groups excluding carboxylic acids is 1. The van der Waals surface area contributed by atoms with Crippen molar-refractivity contribution in [3.8, 4) is 0 Å². The Kier molecular flexibility index (Phi) is 7.94. The molecule has 0 aromatic carbocycles. The summed E-state index contributed by atoms with van der Waals surface area (Å²) >= 11 is 0. The summed E-state index contributed by atoms with van der Waals surface area (Å²) in [6.07, 6.45) is 2.83. The molecule has 0 spiro atoms. The van der Waals surface area contributed by atoms with E-state index in [1.807, 2.05) is 6.92 Å². The zero-order chi connectivity index (χ0) is 10.1. The molecule has 0 aromatic heterocycles. The second-order valence-electron chi connectivity index (χ2n) is 3.35. The fourth-order valence-corrected chi connectivity index (χ4v) is 1.12. The molecule has 1 heterocycles. The highest BCUT2D eigenvalue weighted by molar-refractivity contribution is 5.76. The van der Waals surface area contributed by atoms with E-state index in [0.29, 0.717) is 6.61 Å². The van der Waals surface area contributed by atoms with Crippen LogP contribution in [0.2, 0.25) is 0 Å². The van der Waals surface area contributed by atoms with Crippen molar-refractivity contribution < 1.29 is 9.53 Å². The zero-order valence-electron chi connectivity index (χ0n) is 9.01. The molecule has 3 nitrogen and oxygen atoms in total. The molecule has 0 atom stereocenters. The summed E-state index contributed by atoms with van der Waals surface area (Å²) in [6, 6.07) is 0. The van der Waals surface area contributed by atoms with Crippen LogP contribution in [0.25, 0.3) is 0 Å².